The predicted octanol–water partition coefficient (Wildman–Crippen LogP) is 2.32. The molecule has 0 saturated carbocycles. The summed E-state index contributed by atoms with van der Waals surface area (Å²) < 4.78 is 5.10. The van der Waals surface area contributed by atoms with Gasteiger partial charge in [0.15, 0.2) is 5.78 Å². The summed E-state index contributed by atoms with van der Waals surface area (Å²) in [6.45, 7) is 0. The van der Waals surface area contributed by atoms with Crippen LogP contribution in [0.5, 0.6) is 5.75 Å². The van der Waals surface area contributed by atoms with Crippen molar-refractivity contribution in [3.05, 3.63) is 59.9 Å². The van der Waals surface area contributed by atoms with Gasteiger partial charge in [-0.3, -0.25) is 9.78 Å². The van der Waals surface area contributed by atoms with Gasteiger partial charge >= 0.3 is 0 Å². The zero-order chi connectivity index (χ0) is 11.4. The van der Waals surface area contributed by atoms with Gasteiger partial charge < -0.3 is 4.74 Å². The highest BCUT2D eigenvalue weighted by Crippen LogP contribution is 2.19. The highest BCUT2D eigenvalue weighted by atomic mass is 16.5. The Morgan fingerprint density at radius 3 is 2.62 bits per heavy atom. The number of carbonyl (C=O) groups excluding carboxylic acids is 1. The molecular weight excluding hydrogens is 202 g/mol. The molecule has 0 bridgehead atoms. The van der Waals surface area contributed by atoms with E-state index in [2.05, 4.69) is 4.98 Å². The summed E-state index contributed by atoms with van der Waals surface area (Å²) in [5.74, 6) is 0.441. The Morgan fingerprint density at radius 2 is 1.94 bits per heavy atom. The van der Waals surface area contributed by atoms with Crippen molar-refractivity contribution in [2.24, 2.45) is 0 Å². The SMILES string of the molecule is COc1cnccc1C(=O)c1ccccc1. The molecule has 1 aromatic carbocycles. The fraction of sp³-hybridized carbons (Fsp3) is 0.0769. The van der Waals surface area contributed by atoms with Crippen LogP contribution in [0.25, 0.3) is 0 Å². The van der Waals surface area contributed by atoms with E-state index in [-0.39, 0.29) is 5.78 Å². The lowest BCUT2D eigenvalue weighted by Gasteiger charge is -2.06. The lowest BCUT2D eigenvalue weighted by atomic mass is 10.0. The highest BCUT2D eigenvalue weighted by Gasteiger charge is 2.13. The van der Waals surface area contributed by atoms with E-state index in [1.54, 1.807) is 24.4 Å². The molecular formula is C13H11NO2. The van der Waals surface area contributed by atoms with Gasteiger partial charge in [0.1, 0.15) is 5.75 Å². The third-order valence-electron chi connectivity index (χ3n) is 2.29. The molecule has 0 saturated heterocycles. The van der Waals surface area contributed by atoms with E-state index >= 15 is 0 Å². The van der Waals surface area contributed by atoms with E-state index in [1.807, 2.05) is 18.2 Å². The van der Waals surface area contributed by atoms with Crippen LogP contribution in [0, 0.1) is 0 Å². The molecule has 0 amide bonds. The van der Waals surface area contributed by atoms with Gasteiger partial charge in [0.2, 0.25) is 0 Å². The molecule has 1 heterocycles. The molecule has 80 valence electrons. The number of benzene rings is 1. The Kier molecular flexibility index (Phi) is 2.96. The van der Waals surface area contributed by atoms with Crippen molar-refractivity contribution in [1.29, 1.82) is 0 Å². The van der Waals surface area contributed by atoms with Crippen LogP contribution >= 0.6 is 0 Å². The second-order valence-corrected chi connectivity index (χ2v) is 3.27. The van der Waals surface area contributed by atoms with E-state index < -0.39 is 0 Å². The second kappa shape index (κ2) is 4.57. The van der Waals surface area contributed by atoms with Crippen LogP contribution in [0.1, 0.15) is 15.9 Å². The number of aromatic nitrogens is 1. The first-order chi connectivity index (χ1) is 7.83. The molecule has 1 aromatic heterocycles. The Hall–Kier alpha value is -2.16. The number of rotatable bonds is 3. The first kappa shape index (κ1) is 10.4. The van der Waals surface area contributed by atoms with Crippen LogP contribution in [0.4, 0.5) is 0 Å². The topological polar surface area (TPSA) is 39.2 Å². The van der Waals surface area contributed by atoms with Crippen LogP contribution < -0.4 is 4.74 Å². The van der Waals surface area contributed by atoms with Crippen LogP contribution in [-0.2, 0) is 0 Å². The second-order valence-electron chi connectivity index (χ2n) is 3.27. The number of methoxy groups -OCH3 is 1. The molecule has 0 radical (unpaired) electrons. The molecule has 3 nitrogen and oxygen atoms in total. The first-order valence-electron chi connectivity index (χ1n) is 4.90. The number of hydrogen-bond donors (Lipinski definition) is 0. The van der Waals surface area contributed by atoms with Gasteiger partial charge in [-0.1, -0.05) is 30.3 Å². The third-order valence-corrected chi connectivity index (χ3v) is 2.29. The number of ether oxygens (including phenoxy) is 1. The van der Waals surface area contributed by atoms with Crippen molar-refractivity contribution >= 4 is 5.78 Å². The van der Waals surface area contributed by atoms with Crippen molar-refractivity contribution in [3.8, 4) is 5.75 Å². The summed E-state index contributed by atoms with van der Waals surface area (Å²) in [6.07, 6.45) is 3.12. The van der Waals surface area contributed by atoms with E-state index in [4.69, 9.17) is 4.74 Å². The van der Waals surface area contributed by atoms with Crippen molar-refractivity contribution in [1.82, 2.24) is 4.98 Å². The van der Waals surface area contributed by atoms with Gasteiger partial charge in [-0.15, -0.1) is 0 Å². The molecule has 0 aliphatic heterocycles. The Balaban J connectivity index is 2.42. The summed E-state index contributed by atoms with van der Waals surface area (Å²) in [7, 11) is 1.53. The molecule has 0 aliphatic carbocycles. The molecule has 0 atom stereocenters. The average Bonchev–Trinajstić information content (AvgIpc) is 2.39. The van der Waals surface area contributed by atoms with Gasteiger partial charge in [0.25, 0.3) is 0 Å². The fourth-order valence-electron chi connectivity index (χ4n) is 1.48. The summed E-state index contributed by atoms with van der Waals surface area (Å²) in [4.78, 5) is 16.0. The molecule has 3 heteroatoms. The van der Waals surface area contributed by atoms with Crippen LogP contribution in [0.15, 0.2) is 48.8 Å². The number of pyridine rings is 1. The molecule has 0 N–H and O–H groups in total. The lowest BCUT2D eigenvalue weighted by Crippen LogP contribution is -2.03. The van der Waals surface area contributed by atoms with Crippen LogP contribution in [-0.4, -0.2) is 17.9 Å². The number of ketones is 1. The zero-order valence-corrected chi connectivity index (χ0v) is 8.88. The van der Waals surface area contributed by atoms with Crippen LogP contribution in [0.2, 0.25) is 0 Å². The average molecular weight is 213 g/mol. The molecule has 0 spiro atoms. The van der Waals surface area contributed by atoms with Crippen molar-refractivity contribution in [2.45, 2.75) is 0 Å². The van der Waals surface area contributed by atoms with Gasteiger partial charge in [0, 0.05) is 11.8 Å². The Bertz CT molecular complexity index is 494. The Morgan fingerprint density at radius 1 is 1.19 bits per heavy atom. The number of carbonyl (C=O) groups is 1. The minimum absolute atomic E-state index is 0.0557. The fourth-order valence-corrected chi connectivity index (χ4v) is 1.48. The van der Waals surface area contributed by atoms with Gasteiger partial charge in [-0.2, -0.15) is 0 Å². The van der Waals surface area contributed by atoms with Gasteiger partial charge in [0.05, 0.1) is 18.9 Å². The molecule has 0 aliphatic rings. The summed E-state index contributed by atoms with van der Waals surface area (Å²) in [5, 5.41) is 0. The van der Waals surface area contributed by atoms with Crippen molar-refractivity contribution in [3.63, 3.8) is 0 Å². The smallest absolute Gasteiger partial charge is 0.196 e. The maximum Gasteiger partial charge on any atom is 0.196 e. The monoisotopic (exact) mass is 213 g/mol. The predicted molar refractivity (Wildman–Crippen MR) is 60.7 cm³/mol. The van der Waals surface area contributed by atoms with Crippen molar-refractivity contribution < 1.29 is 9.53 Å². The minimum Gasteiger partial charge on any atom is -0.494 e. The molecule has 2 aromatic rings. The molecule has 2 rings (SSSR count). The first-order valence-corrected chi connectivity index (χ1v) is 4.90. The van der Waals surface area contributed by atoms with Crippen LogP contribution in [0.3, 0.4) is 0 Å². The number of hydrogen-bond acceptors (Lipinski definition) is 3. The highest BCUT2D eigenvalue weighted by molar-refractivity contribution is 6.10. The van der Waals surface area contributed by atoms with Gasteiger partial charge in [-0.05, 0) is 6.07 Å². The van der Waals surface area contributed by atoms with Crippen molar-refractivity contribution in [2.75, 3.05) is 7.11 Å². The normalized spacial score (nSPS) is 9.81. The Labute approximate surface area is 93.7 Å². The maximum atomic E-state index is 12.1. The summed E-state index contributed by atoms with van der Waals surface area (Å²) >= 11 is 0. The van der Waals surface area contributed by atoms with E-state index in [1.165, 1.54) is 13.3 Å². The third kappa shape index (κ3) is 1.93. The quantitative estimate of drug-likeness (QED) is 0.734. The van der Waals surface area contributed by atoms with Gasteiger partial charge in [-0.25, -0.2) is 0 Å². The molecule has 16 heavy (non-hydrogen) atoms. The number of nitrogens with zero attached hydrogens (tertiary/aromatic N) is 1. The summed E-state index contributed by atoms with van der Waals surface area (Å²) in [5.41, 5.74) is 1.18. The molecule has 0 fully saturated rings. The standard InChI is InChI=1S/C13H11NO2/c1-16-12-9-14-8-7-11(12)13(15)10-5-3-2-4-6-10/h2-9H,1H3. The van der Waals surface area contributed by atoms with E-state index in [0.29, 0.717) is 16.9 Å². The maximum absolute atomic E-state index is 12.1. The lowest BCUT2D eigenvalue weighted by molar-refractivity contribution is 0.103. The zero-order valence-electron chi connectivity index (χ0n) is 8.88. The largest absolute Gasteiger partial charge is 0.494 e. The summed E-state index contributed by atoms with van der Waals surface area (Å²) in [6, 6.07) is 10.8. The molecule has 0 unspecified atom stereocenters. The van der Waals surface area contributed by atoms with E-state index in [9.17, 15) is 4.79 Å². The minimum atomic E-state index is -0.0557. The van der Waals surface area contributed by atoms with E-state index in [0.717, 1.165) is 0 Å².